The van der Waals surface area contributed by atoms with Crippen LogP contribution in [0.2, 0.25) is 0 Å². The van der Waals surface area contributed by atoms with Gasteiger partial charge in [0.1, 0.15) is 11.5 Å². The van der Waals surface area contributed by atoms with Crippen LogP contribution in [-0.2, 0) is 6.54 Å². The van der Waals surface area contributed by atoms with Crippen LogP contribution in [0.3, 0.4) is 0 Å². The number of rotatable bonds is 10. The van der Waals surface area contributed by atoms with Crippen molar-refractivity contribution in [1.29, 1.82) is 0 Å². The van der Waals surface area contributed by atoms with Crippen molar-refractivity contribution >= 4 is 11.8 Å². The Morgan fingerprint density at radius 3 is 2.17 bits per heavy atom. The Morgan fingerprint density at radius 2 is 1.57 bits per heavy atom. The zero-order valence-corrected chi connectivity index (χ0v) is 24.2. The first kappa shape index (κ1) is 29.1. The summed E-state index contributed by atoms with van der Waals surface area (Å²) in [4.78, 5) is 38.1. The van der Waals surface area contributed by atoms with E-state index in [1.54, 1.807) is 32.4 Å². The molecule has 2 heterocycles. The van der Waals surface area contributed by atoms with Crippen molar-refractivity contribution in [2.45, 2.75) is 32.2 Å². The predicted octanol–water partition coefficient (Wildman–Crippen LogP) is 4.63. The Morgan fingerprint density at radius 1 is 0.925 bits per heavy atom. The zero-order chi connectivity index (χ0) is 28.6. The number of benzene rings is 2. The molecule has 8 nitrogen and oxygen atoms in total. The molecule has 1 aliphatic rings. The van der Waals surface area contributed by atoms with E-state index in [1.807, 2.05) is 61.2 Å². The molecule has 0 saturated carbocycles. The van der Waals surface area contributed by atoms with Crippen LogP contribution in [-0.4, -0.2) is 86.0 Å². The van der Waals surface area contributed by atoms with Gasteiger partial charge in [-0.05, 0) is 63.7 Å². The number of likely N-dealkylation sites (N-methyl/N-ethyl adjacent to an activating group) is 1. The van der Waals surface area contributed by atoms with Crippen LogP contribution in [0.1, 0.15) is 56.4 Å². The topological polar surface area (TPSA) is 75.2 Å². The van der Waals surface area contributed by atoms with E-state index >= 15 is 0 Å². The average molecular weight is 545 g/mol. The molecule has 1 aliphatic heterocycles. The highest BCUT2D eigenvalue weighted by molar-refractivity contribution is 5.96. The number of aromatic nitrogens is 1. The van der Waals surface area contributed by atoms with Crippen molar-refractivity contribution in [2.24, 2.45) is 0 Å². The van der Waals surface area contributed by atoms with Gasteiger partial charge in [0.2, 0.25) is 0 Å². The lowest BCUT2D eigenvalue weighted by atomic mass is 9.89. The summed E-state index contributed by atoms with van der Waals surface area (Å²) in [5.74, 6) is 1.20. The third kappa shape index (κ3) is 7.18. The summed E-state index contributed by atoms with van der Waals surface area (Å²) in [6.45, 7) is 5.05. The van der Waals surface area contributed by atoms with Gasteiger partial charge >= 0.3 is 0 Å². The van der Waals surface area contributed by atoms with E-state index in [2.05, 4.69) is 17.0 Å². The second-order valence-corrected chi connectivity index (χ2v) is 10.6. The molecule has 0 unspecified atom stereocenters. The molecule has 0 atom stereocenters. The molecule has 0 N–H and O–H groups in total. The Bertz CT molecular complexity index is 1280. The highest BCUT2D eigenvalue weighted by Crippen LogP contribution is 2.32. The fourth-order valence-corrected chi connectivity index (χ4v) is 5.09. The van der Waals surface area contributed by atoms with Gasteiger partial charge in [-0.25, -0.2) is 0 Å². The minimum absolute atomic E-state index is 0.00446. The Balaban J connectivity index is 1.52. The minimum atomic E-state index is -0.0538. The van der Waals surface area contributed by atoms with Crippen LogP contribution in [0, 0.1) is 6.92 Å². The molecule has 0 spiro atoms. The molecule has 0 radical (unpaired) electrons. The van der Waals surface area contributed by atoms with Gasteiger partial charge in [0.05, 0.1) is 25.5 Å². The van der Waals surface area contributed by atoms with Crippen LogP contribution >= 0.6 is 0 Å². The number of methoxy groups -OCH3 is 2. The van der Waals surface area contributed by atoms with Crippen LogP contribution in [0.15, 0.2) is 60.7 Å². The SMILES string of the molecule is COc1cc(OC)cc(C(=O)N2CCC(c3nc(C)ccc3C(=O)N(CCN(C)C)Cc3ccccc3)CC2)c1. The molecule has 4 rings (SSSR count). The monoisotopic (exact) mass is 544 g/mol. The predicted molar refractivity (Wildman–Crippen MR) is 156 cm³/mol. The summed E-state index contributed by atoms with van der Waals surface area (Å²) in [7, 11) is 7.18. The number of likely N-dealkylation sites (tertiary alicyclic amines) is 1. The van der Waals surface area contributed by atoms with Crippen molar-refractivity contribution in [3.63, 3.8) is 0 Å². The summed E-state index contributed by atoms with van der Waals surface area (Å²) in [6, 6.07) is 19.2. The van der Waals surface area contributed by atoms with Gasteiger partial charge in [0, 0.05) is 56.0 Å². The summed E-state index contributed by atoms with van der Waals surface area (Å²) in [6.07, 6.45) is 1.47. The largest absolute Gasteiger partial charge is 0.497 e. The molecule has 1 aromatic heterocycles. The Kier molecular flexibility index (Phi) is 9.77. The molecule has 0 aliphatic carbocycles. The van der Waals surface area contributed by atoms with E-state index in [9.17, 15) is 9.59 Å². The van der Waals surface area contributed by atoms with Gasteiger partial charge in [0.15, 0.2) is 0 Å². The minimum Gasteiger partial charge on any atom is -0.497 e. The Hall–Kier alpha value is -3.91. The first-order chi connectivity index (χ1) is 19.3. The molecule has 40 heavy (non-hydrogen) atoms. The first-order valence-corrected chi connectivity index (χ1v) is 13.8. The molecule has 2 aromatic carbocycles. The van der Waals surface area contributed by atoms with Crippen molar-refractivity contribution in [2.75, 3.05) is 54.5 Å². The maximum absolute atomic E-state index is 14.0. The maximum atomic E-state index is 14.0. The van der Waals surface area contributed by atoms with E-state index in [1.165, 1.54) is 0 Å². The van der Waals surface area contributed by atoms with Gasteiger partial charge < -0.3 is 24.2 Å². The fraction of sp³-hybridized carbons (Fsp3) is 0.406. The molecule has 0 bridgehead atoms. The fourth-order valence-electron chi connectivity index (χ4n) is 5.09. The second-order valence-electron chi connectivity index (χ2n) is 10.6. The Labute approximate surface area is 237 Å². The zero-order valence-electron chi connectivity index (χ0n) is 24.2. The number of aryl methyl sites for hydroxylation is 1. The highest BCUT2D eigenvalue weighted by atomic mass is 16.5. The van der Waals surface area contributed by atoms with Crippen molar-refractivity contribution in [3.05, 3.63) is 88.7 Å². The van der Waals surface area contributed by atoms with Gasteiger partial charge in [-0.2, -0.15) is 0 Å². The number of carbonyl (C=O) groups is 2. The number of pyridine rings is 1. The van der Waals surface area contributed by atoms with E-state index in [-0.39, 0.29) is 17.7 Å². The number of amides is 2. The summed E-state index contributed by atoms with van der Waals surface area (Å²) >= 11 is 0. The van der Waals surface area contributed by atoms with Gasteiger partial charge in [-0.3, -0.25) is 14.6 Å². The number of hydrogen-bond donors (Lipinski definition) is 0. The van der Waals surface area contributed by atoms with Crippen LogP contribution in [0.5, 0.6) is 11.5 Å². The summed E-state index contributed by atoms with van der Waals surface area (Å²) < 4.78 is 10.7. The van der Waals surface area contributed by atoms with Crippen molar-refractivity contribution in [1.82, 2.24) is 19.7 Å². The molecule has 2 amide bonds. The molecule has 3 aromatic rings. The lowest BCUT2D eigenvalue weighted by molar-refractivity contribution is 0.0698. The lowest BCUT2D eigenvalue weighted by Crippen LogP contribution is -2.39. The van der Waals surface area contributed by atoms with E-state index < -0.39 is 0 Å². The van der Waals surface area contributed by atoms with Crippen molar-refractivity contribution < 1.29 is 19.1 Å². The van der Waals surface area contributed by atoms with Gasteiger partial charge in [-0.15, -0.1) is 0 Å². The van der Waals surface area contributed by atoms with Crippen LogP contribution < -0.4 is 9.47 Å². The molecule has 1 saturated heterocycles. The van der Waals surface area contributed by atoms with E-state index in [0.29, 0.717) is 48.8 Å². The van der Waals surface area contributed by atoms with Crippen molar-refractivity contribution in [3.8, 4) is 11.5 Å². The van der Waals surface area contributed by atoms with E-state index in [4.69, 9.17) is 14.5 Å². The van der Waals surface area contributed by atoms with Crippen LogP contribution in [0.4, 0.5) is 0 Å². The highest BCUT2D eigenvalue weighted by Gasteiger charge is 2.30. The smallest absolute Gasteiger partial charge is 0.256 e. The summed E-state index contributed by atoms with van der Waals surface area (Å²) in [5.41, 5.74) is 4.01. The molecule has 8 heteroatoms. The number of carbonyl (C=O) groups excluding carboxylic acids is 2. The normalized spacial score (nSPS) is 13.8. The molecular weight excluding hydrogens is 504 g/mol. The number of ether oxygens (including phenoxy) is 2. The lowest BCUT2D eigenvalue weighted by Gasteiger charge is -2.33. The number of nitrogens with zero attached hydrogens (tertiary/aromatic N) is 4. The molecule has 1 fully saturated rings. The summed E-state index contributed by atoms with van der Waals surface area (Å²) in [5, 5.41) is 0. The maximum Gasteiger partial charge on any atom is 0.256 e. The standard InChI is InChI=1S/C32H40N4O4/c1-23-11-12-29(32(38)36(18-17-34(2)3)22-24-9-7-6-8-10-24)30(33-23)25-13-15-35(16-14-25)31(37)26-19-27(39-4)21-28(20-26)40-5/h6-12,19-21,25H,13-18,22H2,1-5H3. The van der Waals surface area contributed by atoms with Gasteiger partial charge in [-0.1, -0.05) is 30.3 Å². The average Bonchev–Trinajstić information content (AvgIpc) is 2.98. The molecule has 212 valence electrons. The quantitative estimate of drug-likeness (QED) is 0.371. The second kappa shape index (κ2) is 13.4. The first-order valence-electron chi connectivity index (χ1n) is 13.8. The van der Waals surface area contributed by atoms with E-state index in [0.717, 1.165) is 36.3 Å². The molecular formula is C32H40N4O4. The third-order valence-electron chi connectivity index (χ3n) is 7.38. The van der Waals surface area contributed by atoms with Gasteiger partial charge in [0.25, 0.3) is 11.8 Å². The number of hydrogen-bond acceptors (Lipinski definition) is 6. The number of piperidine rings is 1. The van der Waals surface area contributed by atoms with Crippen LogP contribution in [0.25, 0.3) is 0 Å². The third-order valence-corrected chi connectivity index (χ3v) is 7.38.